The Kier molecular flexibility index (Phi) is 4.84. The lowest BCUT2D eigenvalue weighted by atomic mass is 10.1. The third kappa shape index (κ3) is 3.63. The van der Waals surface area contributed by atoms with Gasteiger partial charge in [0.05, 0.1) is 17.5 Å². The molecule has 1 heterocycles. The maximum atomic E-state index is 11.8. The topological polar surface area (TPSA) is 67.4 Å². The summed E-state index contributed by atoms with van der Waals surface area (Å²) in [5.41, 5.74) is 0.953. The molecule has 108 valence electrons. The number of ether oxygens (including phenoxy) is 1. The van der Waals surface area contributed by atoms with Crippen molar-refractivity contribution in [1.82, 2.24) is 10.6 Å². The average Bonchev–Trinajstić information content (AvgIpc) is 2.84. The number of amides is 2. The molecule has 1 atom stereocenters. The highest BCUT2D eigenvalue weighted by atomic mass is 35.5. The minimum Gasteiger partial charge on any atom is -0.490 e. The van der Waals surface area contributed by atoms with Crippen LogP contribution in [0.15, 0.2) is 18.2 Å². The van der Waals surface area contributed by atoms with Crippen LogP contribution in [0.5, 0.6) is 5.75 Å². The summed E-state index contributed by atoms with van der Waals surface area (Å²) in [6, 6.07) is 5.53. The lowest BCUT2D eigenvalue weighted by molar-refractivity contribution is -0.126. The fourth-order valence-electron chi connectivity index (χ4n) is 2.06. The monoisotopic (exact) mass is 296 g/mol. The predicted molar refractivity (Wildman–Crippen MR) is 75.8 cm³/mol. The maximum absolute atomic E-state index is 11.8. The summed E-state index contributed by atoms with van der Waals surface area (Å²) in [6.45, 7) is 3.04. The molecule has 20 heavy (non-hydrogen) atoms. The highest BCUT2D eigenvalue weighted by molar-refractivity contribution is 6.32. The van der Waals surface area contributed by atoms with Crippen molar-refractivity contribution in [2.24, 2.45) is 5.92 Å². The lowest BCUT2D eigenvalue weighted by Gasteiger charge is -2.12. The molecule has 6 heteroatoms. The van der Waals surface area contributed by atoms with E-state index in [1.54, 1.807) is 6.07 Å². The number of carbonyl (C=O) groups is 2. The van der Waals surface area contributed by atoms with Crippen LogP contribution < -0.4 is 15.4 Å². The Morgan fingerprint density at radius 2 is 2.35 bits per heavy atom. The van der Waals surface area contributed by atoms with E-state index in [1.165, 1.54) is 0 Å². The van der Waals surface area contributed by atoms with E-state index < -0.39 is 0 Å². The van der Waals surface area contributed by atoms with E-state index in [4.69, 9.17) is 16.3 Å². The number of carbonyl (C=O) groups excluding carboxylic acids is 2. The zero-order valence-corrected chi connectivity index (χ0v) is 12.0. The molecule has 2 N–H and O–H groups in total. The SMILES string of the molecule is Cc1cccc(Cl)c1OCCNC(=O)[C@H]1CNC(=O)C1. The van der Waals surface area contributed by atoms with Gasteiger partial charge in [0.2, 0.25) is 11.8 Å². The first-order valence-corrected chi connectivity index (χ1v) is 6.88. The molecule has 0 unspecified atom stereocenters. The van der Waals surface area contributed by atoms with Gasteiger partial charge in [-0.1, -0.05) is 23.7 Å². The molecule has 0 aliphatic carbocycles. The summed E-state index contributed by atoms with van der Waals surface area (Å²) in [5.74, 6) is 0.168. The number of rotatable bonds is 5. The van der Waals surface area contributed by atoms with Crippen molar-refractivity contribution in [3.05, 3.63) is 28.8 Å². The zero-order valence-electron chi connectivity index (χ0n) is 11.2. The molecule has 5 nitrogen and oxygen atoms in total. The van der Waals surface area contributed by atoms with Crippen LogP contribution in [0.1, 0.15) is 12.0 Å². The molecule has 2 rings (SSSR count). The van der Waals surface area contributed by atoms with Crippen molar-refractivity contribution in [1.29, 1.82) is 0 Å². The standard InChI is InChI=1S/C14H17ClN2O3/c1-9-3-2-4-11(15)13(9)20-6-5-16-14(19)10-7-12(18)17-8-10/h2-4,10H,5-8H2,1H3,(H,16,19)(H,17,18)/t10-/m1/s1. The number of aryl methyl sites for hydroxylation is 1. The van der Waals surface area contributed by atoms with Crippen LogP contribution in [-0.2, 0) is 9.59 Å². The van der Waals surface area contributed by atoms with E-state index in [-0.39, 0.29) is 24.2 Å². The Morgan fingerprint density at radius 1 is 1.55 bits per heavy atom. The summed E-state index contributed by atoms with van der Waals surface area (Å²) in [7, 11) is 0. The summed E-state index contributed by atoms with van der Waals surface area (Å²) >= 11 is 6.03. The minimum atomic E-state index is -0.274. The van der Waals surface area contributed by atoms with Gasteiger partial charge < -0.3 is 15.4 Å². The molecule has 1 saturated heterocycles. The van der Waals surface area contributed by atoms with Gasteiger partial charge in [0.1, 0.15) is 12.4 Å². The van der Waals surface area contributed by atoms with E-state index in [9.17, 15) is 9.59 Å². The van der Waals surface area contributed by atoms with Crippen molar-refractivity contribution < 1.29 is 14.3 Å². The second-order valence-corrected chi connectivity index (χ2v) is 5.14. The van der Waals surface area contributed by atoms with Gasteiger partial charge in [-0.2, -0.15) is 0 Å². The molecular formula is C14H17ClN2O3. The van der Waals surface area contributed by atoms with Gasteiger partial charge in [0.25, 0.3) is 0 Å². The Hall–Kier alpha value is -1.75. The molecule has 0 radical (unpaired) electrons. The van der Waals surface area contributed by atoms with Crippen LogP contribution in [0.4, 0.5) is 0 Å². The van der Waals surface area contributed by atoms with Gasteiger partial charge in [0, 0.05) is 13.0 Å². The van der Waals surface area contributed by atoms with E-state index in [2.05, 4.69) is 10.6 Å². The largest absolute Gasteiger partial charge is 0.490 e. The van der Waals surface area contributed by atoms with Gasteiger partial charge >= 0.3 is 0 Å². The highest BCUT2D eigenvalue weighted by Crippen LogP contribution is 2.27. The van der Waals surface area contributed by atoms with Gasteiger partial charge in [-0.3, -0.25) is 9.59 Å². The molecule has 1 aliphatic rings. The third-order valence-electron chi connectivity index (χ3n) is 3.16. The van der Waals surface area contributed by atoms with Crippen LogP contribution in [0.25, 0.3) is 0 Å². The lowest BCUT2D eigenvalue weighted by Crippen LogP contribution is -2.34. The first-order chi connectivity index (χ1) is 9.58. The molecule has 0 spiro atoms. The first-order valence-electron chi connectivity index (χ1n) is 6.50. The summed E-state index contributed by atoms with van der Waals surface area (Å²) in [6.07, 6.45) is 0.260. The van der Waals surface area contributed by atoms with E-state index in [1.807, 2.05) is 19.1 Å². The predicted octanol–water partition coefficient (Wildman–Crippen LogP) is 1.28. The minimum absolute atomic E-state index is 0.0758. The van der Waals surface area contributed by atoms with Crippen LogP contribution in [0.2, 0.25) is 5.02 Å². The van der Waals surface area contributed by atoms with Crippen LogP contribution in [0.3, 0.4) is 0 Å². The normalized spacial score (nSPS) is 17.7. The fraction of sp³-hybridized carbons (Fsp3) is 0.429. The molecule has 0 bridgehead atoms. The van der Waals surface area contributed by atoms with Crippen LogP contribution >= 0.6 is 11.6 Å². The van der Waals surface area contributed by atoms with Crippen LogP contribution in [0, 0.1) is 12.8 Å². The second kappa shape index (κ2) is 6.61. The van der Waals surface area contributed by atoms with Crippen molar-refractivity contribution in [3.63, 3.8) is 0 Å². The number of para-hydroxylation sites is 1. The molecule has 1 aliphatic heterocycles. The number of nitrogens with one attached hydrogen (secondary N) is 2. The molecule has 1 fully saturated rings. The van der Waals surface area contributed by atoms with Gasteiger partial charge in [-0.25, -0.2) is 0 Å². The number of hydrogen-bond donors (Lipinski definition) is 2. The van der Waals surface area contributed by atoms with Crippen molar-refractivity contribution >= 4 is 23.4 Å². The first kappa shape index (κ1) is 14.7. The third-order valence-corrected chi connectivity index (χ3v) is 3.46. The molecule has 0 aromatic heterocycles. The van der Waals surface area contributed by atoms with Crippen molar-refractivity contribution in [3.8, 4) is 5.75 Å². The Labute approximate surface area is 122 Å². The van der Waals surface area contributed by atoms with Gasteiger partial charge in [-0.15, -0.1) is 0 Å². The molecule has 1 aromatic carbocycles. The quantitative estimate of drug-likeness (QED) is 0.804. The van der Waals surface area contributed by atoms with E-state index in [0.717, 1.165) is 5.56 Å². The Balaban J connectivity index is 1.74. The van der Waals surface area contributed by atoms with E-state index in [0.29, 0.717) is 30.5 Å². The summed E-state index contributed by atoms with van der Waals surface area (Å²) in [4.78, 5) is 22.8. The summed E-state index contributed by atoms with van der Waals surface area (Å²) < 4.78 is 5.57. The molecule has 1 aromatic rings. The number of hydrogen-bond acceptors (Lipinski definition) is 3. The molecule has 0 saturated carbocycles. The molecular weight excluding hydrogens is 280 g/mol. The second-order valence-electron chi connectivity index (χ2n) is 4.73. The van der Waals surface area contributed by atoms with Crippen molar-refractivity contribution in [2.45, 2.75) is 13.3 Å². The van der Waals surface area contributed by atoms with E-state index >= 15 is 0 Å². The smallest absolute Gasteiger partial charge is 0.225 e. The Morgan fingerprint density at radius 3 is 3.00 bits per heavy atom. The maximum Gasteiger partial charge on any atom is 0.225 e. The summed E-state index contributed by atoms with van der Waals surface area (Å²) in [5, 5.41) is 5.95. The zero-order chi connectivity index (χ0) is 14.5. The van der Waals surface area contributed by atoms with Gasteiger partial charge in [-0.05, 0) is 18.6 Å². The molecule has 2 amide bonds. The fourth-order valence-corrected chi connectivity index (χ4v) is 2.34. The van der Waals surface area contributed by atoms with Crippen molar-refractivity contribution in [2.75, 3.05) is 19.7 Å². The van der Waals surface area contributed by atoms with Crippen LogP contribution in [-0.4, -0.2) is 31.5 Å². The number of benzene rings is 1. The van der Waals surface area contributed by atoms with Gasteiger partial charge in [0.15, 0.2) is 0 Å². The Bertz CT molecular complexity index is 499. The highest BCUT2D eigenvalue weighted by Gasteiger charge is 2.27. The average molecular weight is 297 g/mol. The number of halogens is 1.